The van der Waals surface area contributed by atoms with E-state index in [1.165, 1.54) is 18.9 Å². The van der Waals surface area contributed by atoms with E-state index in [0.29, 0.717) is 45.6 Å². The minimum atomic E-state index is -0.491. The van der Waals surface area contributed by atoms with Crippen molar-refractivity contribution >= 4 is 58.5 Å². The molecule has 4 aromatic rings. The Bertz CT molecular complexity index is 1630. The van der Waals surface area contributed by atoms with E-state index in [1.54, 1.807) is 91.9 Å². The van der Waals surface area contributed by atoms with Crippen LogP contribution >= 0.6 is 23.4 Å². The third-order valence-electron chi connectivity index (χ3n) is 6.24. The van der Waals surface area contributed by atoms with E-state index in [2.05, 4.69) is 16.0 Å². The van der Waals surface area contributed by atoms with E-state index >= 15 is 0 Å². The molecule has 0 saturated heterocycles. The highest BCUT2D eigenvalue weighted by Crippen LogP contribution is 2.29. The fourth-order valence-corrected chi connectivity index (χ4v) is 5.12. The molecule has 0 bridgehead atoms. The lowest BCUT2D eigenvalue weighted by Crippen LogP contribution is -2.30. The van der Waals surface area contributed by atoms with Crippen molar-refractivity contribution in [2.24, 2.45) is 0 Å². The number of amides is 3. The molecule has 1 unspecified atom stereocenters. The Balaban J connectivity index is 1.42. The van der Waals surface area contributed by atoms with E-state index in [0.717, 1.165) is 4.90 Å². The van der Waals surface area contributed by atoms with Crippen molar-refractivity contribution in [3.8, 4) is 11.5 Å². The van der Waals surface area contributed by atoms with Gasteiger partial charge in [-0.15, -0.1) is 11.8 Å². The zero-order chi connectivity index (χ0) is 31.5. The van der Waals surface area contributed by atoms with Crippen molar-refractivity contribution in [3.63, 3.8) is 0 Å². The number of thioether (sulfide) groups is 1. The smallest absolute Gasteiger partial charge is 0.272 e. The van der Waals surface area contributed by atoms with Gasteiger partial charge in [0.05, 0.1) is 24.0 Å². The maximum atomic E-state index is 13.3. The fourth-order valence-electron chi connectivity index (χ4n) is 4.00. The summed E-state index contributed by atoms with van der Waals surface area (Å²) in [6, 6.07) is 28.0. The van der Waals surface area contributed by atoms with Gasteiger partial charge >= 0.3 is 0 Å². The van der Waals surface area contributed by atoms with E-state index in [4.69, 9.17) is 21.1 Å². The van der Waals surface area contributed by atoms with Crippen LogP contribution in [0.5, 0.6) is 11.5 Å². The van der Waals surface area contributed by atoms with Gasteiger partial charge in [0.1, 0.15) is 17.2 Å². The second-order valence-corrected chi connectivity index (χ2v) is 11.3. The van der Waals surface area contributed by atoms with E-state index in [9.17, 15) is 14.4 Å². The summed E-state index contributed by atoms with van der Waals surface area (Å²) in [6.07, 6.45) is 1.60. The zero-order valence-electron chi connectivity index (χ0n) is 24.4. The lowest BCUT2D eigenvalue weighted by atomic mass is 10.1. The summed E-state index contributed by atoms with van der Waals surface area (Å²) in [5, 5.41) is 8.43. The molecule has 3 amide bonds. The van der Waals surface area contributed by atoms with E-state index < -0.39 is 17.1 Å². The van der Waals surface area contributed by atoms with E-state index in [1.807, 2.05) is 25.1 Å². The molecule has 44 heavy (non-hydrogen) atoms. The Morgan fingerprint density at radius 1 is 0.886 bits per heavy atom. The third kappa shape index (κ3) is 9.13. The minimum absolute atomic E-state index is 0.0744. The van der Waals surface area contributed by atoms with Crippen molar-refractivity contribution in [3.05, 3.63) is 119 Å². The fraction of sp³-hybridized carbons (Fsp3) is 0.147. The molecular formula is C34H32ClN3O5S. The summed E-state index contributed by atoms with van der Waals surface area (Å²) < 4.78 is 10.6. The SMILES string of the molecule is CCOc1ccc(/C=C(\NC(=O)c2ccccc2)C(=O)Nc2ccc(SC(C)C(=O)Nc3ccc(OC)c(Cl)c3)cc2)cc1. The highest BCUT2D eigenvalue weighted by molar-refractivity contribution is 8.00. The first-order valence-corrected chi connectivity index (χ1v) is 15.0. The second-order valence-electron chi connectivity index (χ2n) is 9.46. The molecule has 0 aromatic heterocycles. The number of ether oxygens (including phenoxy) is 2. The molecule has 10 heteroatoms. The number of carbonyl (C=O) groups is 3. The Kier molecular flexibility index (Phi) is 11.5. The van der Waals surface area contributed by atoms with Gasteiger partial charge in [0.25, 0.3) is 11.8 Å². The van der Waals surface area contributed by atoms with Gasteiger partial charge in [0, 0.05) is 21.8 Å². The van der Waals surface area contributed by atoms with Crippen LogP contribution in [0, 0.1) is 0 Å². The molecule has 4 rings (SSSR count). The van der Waals surface area contributed by atoms with Gasteiger partial charge in [-0.2, -0.15) is 0 Å². The predicted molar refractivity (Wildman–Crippen MR) is 177 cm³/mol. The van der Waals surface area contributed by atoms with Crippen LogP contribution in [-0.2, 0) is 9.59 Å². The van der Waals surface area contributed by atoms with Gasteiger partial charge < -0.3 is 25.4 Å². The Morgan fingerprint density at radius 3 is 2.20 bits per heavy atom. The number of carbonyl (C=O) groups excluding carboxylic acids is 3. The predicted octanol–water partition coefficient (Wildman–Crippen LogP) is 7.28. The van der Waals surface area contributed by atoms with Crippen LogP contribution in [-0.4, -0.2) is 36.7 Å². The molecule has 8 nitrogen and oxygen atoms in total. The average Bonchev–Trinajstić information content (AvgIpc) is 3.03. The van der Waals surface area contributed by atoms with Crippen molar-refractivity contribution in [2.45, 2.75) is 24.0 Å². The lowest BCUT2D eigenvalue weighted by molar-refractivity contribution is -0.115. The standard InChI is InChI=1S/C34H32ClN3O5S/c1-4-43-27-15-10-23(11-16-27)20-30(38-33(40)24-8-6-5-7-9-24)34(41)36-25-12-17-28(18-13-25)44-22(2)32(39)37-26-14-19-31(42-3)29(35)21-26/h5-22H,4H2,1-3H3,(H,36,41)(H,37,39)(H,38,40)/b30-20-. The maximum absolute atomic E-state index is 13.3. The number of hydrogen-bond donors (Lipinski definition) is 3. The number of rotatable bonds is 12. The second kappa shape index (κ2) is 15.7. The van der Waals surface area contributed by atoms with Crippen LogP contribution < -0.4 is 25.4 Å². The Labute approximate surface area is 265 Å². The molecule has 0 saturated carbocycles. The molecule has 3 N–H and O–H groups in total. The van der Waals surface area contributed by atoms with Crippen LogP contribution in [0.3, 0.4) is 0 Å². The van der Waals surface area contributed by atoms with Crippen molar-refractivity contribution in [1.29, 1.82) is 0 Å². The quantitative estimate of drug-likeness (QED) is 0.112. The van der Waals surface area contributed by atoms with E-state index in [-0.39, 0.29) is 11.6 Å². The van der Waals surface area contributed by atoms with Crippen LogP contribution in [0.25, 0.3) is 6.08 Å². The van der Waals surface area contributed by atoms with Gasteiger partial charge in [0.15, 0.2) is 0 Å². The van der Waals surface area contributed by atoms with Crippen LogP contribution in [0.4, 0.5) is 11.4 Å². The van der Waals surface area contributed by atoms with Crippen LogP contribution in [0.15, 0.2) is 108 Å². The Hall–Kier alpha value is -4.73. The first kappa shape index (κ1) is 32.2. The summed E-state index contributed by atoms with van der Waals surface area (Å²) in [7, 11) is 1.53. The lowest BCUT2D eigenvalue weighted by Gasteiger charge is -2.14. The van der Waals surface area contributed by atoms with Crippen molar-refractivity contribution in [1.82, 2.24) is 5.32 Å². The van der Waals surface area contributed by atoms with Gasteiger partial charge in [-0.3, -0.25) is 14.4 Å². The highest BCUT2D eigenvalue weighted by atomic mass is 35.5. The molecule has 0 aliphatic rings. The third-order valence-corrected chi connectivity index (χ3v) is 7.65. The largest absolute Gasteiger partial charge is 0.495 e. The number of halogens is 1. The normalized spacial score (nSPS) is 11.7. The van der Waals surface area contributed by atoms with Crippen LogP contribution in [0.1, 0.15) is 29.8 Å². The summed E-state index contributed by atoms with van der Waals surface area (Å²) in [6.45, 7) is 4.24. The number of hydrogen-bond acceptors (Lipinski definition) is 6. The summed E-state index contributed by atoms with van der Waals surface area (Å²) in [4.78, 5) is 39.8. The first-order valence-electron chi connectivity index (χ1n) is 13.8. The topological polar surface area (TPSA) is 106 Å². The number of methoxy groups -OCH3 is 1. The molecule has 0 aliphatic heterocycles. The van der Waals surface area contributed by atoms with Gasteiger partial charge in [-0.1, -0.05) is 41.9 Å². The number of anilines is 2. The maximum Gasteiger partial charge on any atom is 0.272 e. The molecule has 0 heterocycles. The molecule has 0 spiro atoms. The minimum Gasteiger partial charge on any atom is -0.495 e. The molecule has 0 aliphatic carbocycles. The summed E-state index contributed by atoms with van der Waals surface area (Å²) >= 11 is 7.53. The van der Waals surface area contributed by atoms with Gasteiger partial charge in [0.2, 0.25) is 5.91 Å². The first-order chi connectivity index (χ1) is 21.2. The van der Waals surface area contributed by atoms with Crippen LogP contribution in [0.2, 0.25) is 5.02 Å². The zero-order valence-corrected chi connectivity index (χ0v) is 26.0. The summed E-state index contributed by atoms with van der Waals surface area (Å²) in [5.74, 6) is 0.144. The number of benzene rings is 4. The molecule has 0 radical (unpaired) electrons. The molecular weight excluding hydrogens is 598 g/mol. The Morgan fingerprint density at radius 2 is 1.57 bits per heavy atom. The van der Waals surface area contributed by atoms with Gasteiger partial charge in [-0.05, 0) is 92.2 Å². The van der Waals surface area contributed by atoms with Crippen molar-refractivity contribution < 1.29 is 23.9 Å². The highest BCUT2D eigenvalue weighted by Gasteiger charge is 2.17. The number of nitrogens with one attached hydrogen (secondary N) is 3. The summed E-state index contributed by atoms with van der Waals surface area (Å²) in [5.41, 5.74) is 2.30. The monoisotopic (exact) mass is 629 g/mol. The van der Waals surface area contributed by atoms with Crippen molar-refractivity contribution in [2.75, 3.05) is 24.4 Å². The molecule has 226 valence electrons. The molecule has 1 atom stereocenters. The average molecular weight is 630 g/mol. The molecule has 4 aromatic carbocycles. The molecule has 0 fully saturated rings. The van der Waals surface area contributed by atoms with Gasteiger partial charge in [-0.25, -0.2) is 0 Å².